The summed E-state index contributed by atoms with van der Waals surface area (Å²) in [6.07, 6.45) is 3.15. The number of carbonyl (C=O) groups is 1. The van der Waals surface area contributed by atoms with Crippen molar-refractivity contribution < 1.29 is 9.18 Å². The highest BCUT2D eigenvalue weighted by atomic mass is 32.2. The predicted octanol–water partition coefficient (Wildman–Crippen LogP) is 4.47. The van der Waals surface area contributed by atoms with E-state index in [2.05, 4.69) is 14.8 Å². The Hall–Kier alpha value is -2.41. The third-order valence-electron chi connectivity index (χ3n) is 5.55. The molecular weight excluding hydrogens is 387 g/mol. The maximum absolute atomic E-state index is 13.1. The van der Waals surface area contributed by atoms with Crippen LogP contribution in [0.3, 0.4) is 0 Å². The lowest BCUT2D eigenvalue weighted by Crippen LogP contribution is -2.09. The number of thioether (sulfide) groups is 1. The maximum atomic E-state index is 13.1. The van der Waals surface area contributed by atoms with Crippen molar-refractivity contribution in [3.8, 4) is 0 Å². The minimum atomic E-state index is -0.223. The Kier molecular flexibility index (Phi) is 5.58. The highest BCUT2D eigenvalue weighted by Gasteiger charge is 2.29. The minimum absolute atomic E-state index is 0.104. The van der Waals surface area contributed by atoms with Crippen LogP contribution in [0.15, 0.2) is 35.5 Å². The summed E-state index contributed by atoms with van der Waals surface area (Å²) < 4.78 is 17.3. The zero-order valence-electron chi connectivity index (χ0n) is 17.0. The Balaban J connectivity index is 1.41. The number of aromatic nitrogens is 4. The van der Waals surface area contributed by atoms with Gasteiger partial charge in [0.15, 0.2) is 10.9 Å². The minimum Gasteiger partial charge on any atom is -0.348 e. The molecule has 0 spiro atoms. The van der Waals surface area contributed by atoms with Crippen molar-refractivity contribution in [3.05, 3.63) is 64.5 Å². The van der Waals surface area contributed by atoms with Gasteiger partial charge < -0.3 is 9.13 Å². The Morgan fingerprint density at radius 2 is 1.93 bits per heavy atom. The molecule has 1 aliphatic rings. The molecule has 2 aromatic heterocycles. The summed E-state index contributed by atoms with van der Waals surface area (Å²) in [5, 5.41) is 9.32. The Morgan fingerprint density at radius 3 is 2.62 bits per heavy atom. The van der Waals surface area contributed by atoms with E-state index in [0.717, 1.165) is 46.5 Å². The van der Waals surface area contributed by atoms with Gasteiger partial charge in [-0.3, -0.25) is 4.79 Å². The molecule has 0 radical (unpaired) electrons. The average molecular weight is 413 g/mol. The monoisotopic (exact) mass is 412 g/mol. The van der Waals surface area contributed by atoms with Crippen LogP contribution in [-0.2, 0) is 20.0 Å². The molecule has 0 amide bonds. The van der Waals surface area contributed by atoms with Crippen LogP contribution in [0.25, 0.3) is 0 Å². The molecule has 7 heteroatoms. The highest BCUT2D eigenvalue weighted by Crippen LogP contribution is 2.39. The molecule has 152 valence electrons. The molecule has 1 aromatic carbocycles. The van der Waals surface area contributed by atoms with Gasteiger partial charge in [0.25, 0.3) is 0 Å². The van der Waals surface area contributed by atoms with Gasteiger partial charge in [-0.25, -0.2) is 4.39 Å². The van der Waals surface area contributed by atoms with Crippen LogP contribution in [0, 0.1) is 19.7 Å². The first-order valence-corrected chi connectivity index (χ1v) is 10.9. The van der Waals surface area contributed by atoms with Crippen LogP contribution in [0.5, 0.6) is 0 Å². The van der Waals surface area contributed by atoms with E-state index in [1.807, 2.05) is 43.7 Å². The number of Topliss-reactive ketones (excluding diaryl/α,β-unsaturated/α-hetero) is 1. The number of benzene rings is 1. The Bertz CT molecular complexity index is 1030. The topological polar surface area (TPSA) is 52.7 Å². The van der Waals surface area contributed by atoms with Gasteiger partial charge in [-0.1, -0.05) is 23.9 Å². The summed E-state index contributed by atoms with van der Waals surface area (Å²) in [7, 11) is 1.97. The molecule has 1 aliphatic carbocycles. The second kappa shape index (κ2) is 8.14. The average Bonchev–Trinajstić information content (AvgIpc) is 3.42. The summed E-state index contributed by atoms with van der Waals surface area (Å²) in [6, 6.07) is 8.55. The zero-order valence-corrected chi connectivity index (χ0v) is 17.8. The number of halogens is 1. The third-order valence-corrected chi connectivity index (χ3v) is 6.58. The van der Waals surface area contributed by atoms with Gasteiger partial charge in [0.2, 0.25) is 0 Å². The molecule has 29 heavy (non-hydrogen) atoms. The normalized spacial score (nSPS) is 13.8. The first-order valence-electron chi connectivity index (χ1n) is 9.90. The molecule has 0 saturated heterocycles. The van der Waals surface area contributed by atoms with Crippen LogP contribution in [0.2, 0.25) is 0 Å². The van der Waals surface area contributed by atoms with Gasteiger partial charge >= 0.3 is 0 Å². The van der Waals surface area contributed by atoms with Gasteiger partial charge in [-0.15, -0.1) is 10.2 Å². The molecule has 4 rings (SSSR count). The number of hydrogen-bond acceptors (Lipinski definition) is 4. The van der Waals surface area contributed by atoms with Crippen LogP contribution in [0.4, 0.5) is 4.39 Å². The number of aryl methyl sites for hydroxylation is 2. The molecule has 0 atom stereocenters. The molecule has 3 aromatic rings. The largest absolute Gasteiger partial charge is 0.348 e. The number of carbonyl (C=O) groups excluding carboxylic acids is 1. The van der Waals surface area contributed by atoms with Crippen LogP contribution in [-0.4, -0.2) is 30.9 Å². The molecule has 0 N–H and O–H groups in total. The van der Waals surface area contributed by atoms with Gasteiger partial charge in [0.1, 0.15) is 11.6 Å². The summed E-state index contributed by atoms with van der Waals surface area (Å²) in [4.78, 5) is 12.8. The van der Waals surface area contributed by atoms with E-state index >= 15 is 0 Å². The first kappa shape index (κ1) is 19.9. The lowest BCUT2D eigenvalue weighted by Gasteiger charge is -2.10. The van der Waals surface area contributed by atoms with Crippen LogP contribution < -0.4 is 0 Å². The van der Waals surface area contributed by atoms with E-state index < -0.39 is 0 Å². The molecule has 1 fully saturated rings. The molecule has 1 saturated carbocycles. The lowest BCUT2D eigenvalue weighted by atomic mass is 10.1. The SMILES string of the molecule is Cc1cc(C(=O)CSc2nnc(C3CC3)n2C)c(C)n1CCc1ccc(F)cc1. The molecule has 5 nitrogen and oxygen atoms in total. The number of nitrogens with zero attached hydrogens (tertiary/aromatic N) is 4. The van der Waals surface area contributed by atoms with E-state index in [1.54, 1.807) is 0 Å². The van der Waals surface area contributed by atoms with E-state index in [-0.39, 0.29) is 11.6 Å². The molecule has 2 heterocycles. The molecule has 0 aliphatic heterocycles. The quantitative estimate of drug-likeness (QED) is 0.405. The van der Waals surface area contributed by atoms with Gasteiger partial charge in [0.05, 0.1) is 5.75 Å². The van der Waals surface area contributed by atoms with Gasteiger partial charge in [0, 0.05) is 36.5 Å². The first-order chi connectivity index (χ1) is 13.9. The van der Waals surface area contributed by atoms with Crippen molar-refractivity contribution in [3.63, 3.8) is 0 Å². The number of hydrogen-bond donors (Lipinski definition) is 0. The molecular formula is C22H25FN4OS. The van der Waals surface area contributed by atoms with Crippen molar-refractivity contribution in [2.75, 3.05) is 5.75 Å². The Labute approximate surface area is 174 Å². The molecule has 0 unspecified atom stereocenters. The molecule has 0 bridgehead atoms. The van der Waals surface area contributed by atoms with Crippen molar-refractivity contribution in [1.29, 1.82) is 0 Å². The van der Waals surface area contributed by atoms with Crippen molar-refractivity contribution >= 4 is 17.5 Å². The maximum Gasteiger partial charge on any atom is 0.191 e. The highest BCUT2D eigenvalue weighted by molar-refractivity contribution is 7.99. The Morgan fingerprint density at radius 1 is 1.21 bits per heavy atom. The van der Waals surface area contributed by atoms with Crippen molar-refractivity contribution in [2.45, 2.75) is 50.7 Å². The van der Waals surface area contributed by atoms with Crippen LogP contribution >= 0.6 is 11.8 Å². The summed E-state index contributed by atoms with van der Waals surface area (Å²) >= 11 is 1.45. The summed E-state index contributed by atoms with van der Waals surface area (Å²) in [6.45, 7) is 4.77. The van der Waals surface area contributed by atoms with E-state index in [4.69, 9.17) is 0 Å². The van der Waals surface area contributed by atoms with Crippen molar-refractivity contribution in [1.82, 2.24) is 19.3 Å². The number of rotatable bonds is 8. The van der Waals surface area contributed by atoms with Crippen LogP contribution in [0.1, 0.15) is 51.9 Å². The lowest BCUT2D eigenvalue weighted by molar-refractivity contribution is 0.102. The fourth-order valence-corrected chi connectivity index (χ4v) is 4.48. The second-order valence-corrected chi connectivity index (χ2v) is 8.64. The second-order valence-electron chi connectivity index (χ2n) is 7.70. The summed E-state index contributed by atoms with van der Waals surface area (Å²) in [5.41, 5.74) is 3.88. The zero-order chi connectivity index (χ0) is 20.5. The summed E-state index contributed by atoms with van der Waals surface area (Å²) in [5.74, 6) is 1.79. The van der Waals surface area contributed by atoms with Crippen molar-refractivity contribution in [2.24, 2.45) is 7.05 Å². The third kappa shape index (κ3) is 4.29. The van der Waals surface area contributed by atoms with Gasteiger partial charge in [-0.2, -0.15) is 0 Å². The standard InChI is InChI=1S/C22H25FN4OS/c1-14-12-19(15(2)27(14)11-10-16-4-8-18(23)9-5-16)20(28)13-29-22-25-24-21(26(22)3)17-6-7-17/h4-5,8-9,12,17H,6-7,10-11,13H2,1-3H3. The predicted molar refractivity (Wildman–Crippen MR) is 112 cm³/mol. The van der Waals surface area contributed by atoms with E-state index in [1.165, 1.54) is 36.7 Å². The fourth-order valence-electron chi connectivity index (χ4n) is 3.68. The smallest absolute Gasteiger partial charge is 0.191 e. The van der Waals surface area contributed by atoms with Gasteiger partial charge in [-0.05, 0) is 56.9 Å². The fraction of sp³-hybridized carbons (Fsp3) is 0.409. The van der Waals surface area contributed by atoms with E-state index in [9.17, 15) is 9.18 Å². The van der Waals surface area contributed by atoms with E-state index in [0.29, 0.717) is 11.7 Å². The number of ketones is 1.